The Morgan fingerprint density at radius 3 is 2.82 bits per heavy atom. The lowest BCUT2D eigenvalue weighted by atomic mass is 9.64. The van der Waals surface area contributed by atoms with Crippen LogP contribution in [0.2, 0.25) is 0 Å². The summed E-state index contributed by atoms with van der Waals surface area (Å²) in [5.74, 6) is -3.81. The number of thioether (sulfide) groups is 2. The lowest BCUT2D eigenvalue weighted by Gasteiger charge is -2.47. The fourth-order valence-corrected chi connectivity index (χ4v) is 10.3. The van der Waals surface area contributed by atoms with Crippen molar-refractivity contribution >= 4 is 64.4 Å². The molecule has 2 aromatic rings. The molecule has 1 saturated heterocycles. The van der Waals surface area contributed by atoms with Gasteiger partial charge < -0.3 is 35.7 Å². The maximum Gasteiger partial charge on any atom is 0.430 e. The fourth-order valence-electron chi connectivity index (χ4n) is 7.05. The Kier molecular flexibility index (Phi) is 6.30. The number of phenolic OH excluding ortho intramolecular Hbond substituents is 1. The number of imidazole rings is 1. The van der Waals surface area contributed by atoms with Crippen molar-refractivity contribution in [3.05, 3.63) is 39.1 Å². The number of aliphatic imine (C=N–C) groups is 1. The van der Waals surface area contributed by atoms with Crippen molar-refractivity contribution in [2.45, 2.75) is 58.6 Å². The second kappa shape index (κ2) is 9.58. The Labute approximate surface area is 254 Å². The van der Waals surface area contributed by atoms with Crippen molar-refractivity contribution in [2.75, 3.05) is 11.9 Å². The van der Waals surface area contributed by atoms with Gasteiger partial charge in [-0.1, -0.05) is 11.8 Å². The normalized spacial score (nSPS) is 27.0. The van der Waals surface area contributed by atoms with Gasteiger partial charge in [-0.3, -0.25) is 14.6 Å². The molecule has 5 N–H and O–H groups in total. The number of ketones is 1. The quantitative estimate of drug-likeness (QED) is 0.237. The molecule has 6 heterocycles. The van der Waals surface area contributed by atoms with Crippen molar-refractivity contribution in [2.24, 2.45) is 17.8 Å². The number of alkyl halides is 3. The summed E-state index contributed by atoms with van der Waals surface area (Å²) in [6, 6.07) is -1.45. The van der Waals surface area contributed by atoms with Gasteiger partial charge in [0.1, 0.15) is 29.3 Å². The van der Waals surface area contributed by atoms with E-state index in [1.165, 1.54) is 0 Å². The molecular formula is C27H23F3N6O6S2. The Balaban J connectivity index is 0.000000403. The lowest BCUT2D eigenvalue weighted by molar-refractivity contribution is -0.344. The highest BCUT2D eigenvalue weighted by molar-refractivity contribution is 8.04. The summed E-state index contributed by atoms with van der Waals surface area (Å²) < 4.78 is 35.6. The van der Waals surface area contributed by atoms with E-state index in [0.717, 1.165) is 50.8 Å². The first-order chi connectivity index (χ1) is 20.7. The number of hydrogen-bond acceptors (Lipinski definition) is 11. The van der Waals surface area contributed by atoms with E-state index in [2.05, 4.69) is 19.9 Å². The average molecular weight is 649 g/mol. The third-order valence-corrected chi connectivity index (χ3v) is 11.6. The van der Waals surface area contributed by atoms with E-state index in [4.69, 9.17) is 15.6 Å². The van der Waals surface area contributed by atoms with Gasteiger partial charge in [0.2, 0.25) is 17.2 Å². The van der Waals surface area contributed by atoms with Gasteiger partial charge in [-0.15, -0.1) is 11.8 Å². The summed E-state index contributed by atoms with van der Waals surface area (Å²) in [4.78, 5) is 44.4. The van der Waals surface area contributed by atoms with Crippen LogP contribution in [0.4, 0.5) is 24.5 Å². The van der Waals surface area contributed by atoms with E-state index in [1.54, 1.807) is 29.9 Å². The number of nitrogens with one attached hydrogen (secondary N) is 1. The van der Waals surface area contributed by atoms with Gasteiger partial charge in [-0.25, -0.2) is 9.56 Å². The van der Waals surface area contributed by atoms with Crippen LogP contribution in [0.5, 0.6) is 5.75 Å². The molecular weight excluding hydrogens is 625 g/mol. The number of nitrogens with two attached hydrogens (primary N) is 1. The number of aliphatic carboxylic acids is 2. The van der Waals surface area contributed by atoms with Gasteiger partial charge in [0, 0.05) is 31.0 Å². The summed E-state index contributed by atoms with van der Waals surface area (Å²) in [5, 5.41) is 35.7. The summed E-state index contributed by atoms with van der Waals surface area (Å²) in [6.07, 6.45) is 1.85. The van der Waals surface area contributed by atoms with Crippen molar-refractivity contribution in [3.8, 4) is 5.75 Å². The van der Waals surface area contributed by atoms with Crippen LogP contribution in [0.3, 0.4) is 0 Å². The van der Waals surface area contributed by atoms with Crippen LogP contribution in [0.25, 0.3) is 5.57 Å². The third-order valence-electron chi connectivity index (χ3n) is 8.86. The third kappa shape index (κ3) is 3.91. The number of carboxylic acid groups (broad SMARTS) is 2. The van der Waals surface area contributed by atoms with Gasteiger partial charge in [0.15, 0.2) is 5.75 Å². The Morgan fingerprint density at radius 1 is 1.41 bits per heavy atom. The van der Waals surface area contributed by atoms with Crippen LogP contribution in [-0.2, 0) is 33.3 Å². The molecule has 230 valence electrons. The molecule has 6 aliphatic rings. The number of aromatic hydroxyl groups is 1. The molecule has 3 bridgehead atoms. The average Bonchev–Trinajstić information content (AvgIpc) is 3.61. The van der Waals surface area contributed by atoms with Gasteiger partial charge in [0.05, 0.1) is 44.5 Å². The van der Waals surface area contributed by atoms with Crippen LogP contribution < -0.4 is 31.3 Å². The number of nitrogens with zero attached hydrogens (tertiary/aromatic N) is 4. The van der Waals surface area contributed by atoms with Crippen molar-refractivity contribution in [1.29, 1.82) is 0 Å². The summed E-state index contributed by atoms with van der Waals surface area (Å²) >= 11 is 3.22. The first kappa shape index (κ1) is 28.9. The minimum Gasteiger partial charge on any atom is -0.542 e. The molecule has 17 heteroatoms. The maximum atomic E-state index is 13.8. The predicted octanol–water partition coefficient (Wildman–Crippen LogP) is -0.724. The number of halogens is 3. The largest absolute Gasteiger partial charge is 0.542 e. The molecule has 44 heavy (non-hydrogen) atoms. The topological polar surface area (TPSA) is 186 Å². The number of anilines is 1. The molecule has 1 spiro atoms. The number of allylic oxidation sites excluding steroid dienone is 1. The Morgan fingerprint density at radius 2 is 2.14 bits per heavy atom. The second-order valence-corrected chi connectivity index (χ2v) is 13.6. The summed E-state index contributed by atoms with van der Waals surface area (Å²) in [5.41, 5.74) is 9.67. The molecule has 5 aliphatic heterocycles. The number of aromatic nitrogens is 2. The zero-order valence-electron chi connectivity index (χ0n) is 22.7. The van der Waals surface area contributed by atoms with E-state index in [-0.39, 0.29) is 28.6 Å². The first-order valence-corrected chi connectivity index (χ1v) is 15.2. The predicted molar refractivity (Wildman–Crippen MR) is 151 cm³/mol. The number of aryl methyl sites for hydroxylation is 1. The Hall–Kier alpha value is -3.83. The first-order valence-electron chi connectivity index (χ1n) is 13.5. The van der Waals surface area contributed by atoms with E-state index < -0.39 is 35.6 Å². The monoisotopic (exact) mass is 648 g/mol. The van der Waals surface area contributed by atoms with Gasteiger partial charge in [0.25, 0.3) is 0 Å². The molecule has 1 fully saturated rings. The standard InChI is InChI=1S/C25H22N6O4S2.C2HF3O2/c1-30-8-28-23(11(30)4-10(26)24(34)35)37-22-19-12(32)5-13-25(22)6-14(36-13)29-18-16(25)20-15-9(2-3-31(19)20)7-27-17(15)21(18)33;3-2(4,5)1(6)7/h5,7-8,10,14,19,22H,2-4,6,26H2,1H3,(H2,27,29,33,34,35);(H,6,7)/t10-,14-,19+,22-,25+;/m0./s1. The van der Waals surface area contributed by atoms with Crippen LogP contribution >= 0.6 is 23.5 Å². The van der Waals surface area contributed by atoms with Gasteiger partial charge in [-0.05, 0) is 18.1 Å². The molecule has 1 aromatic carbocycles. The minimum atomic E-state index is -5.19. The van der Waals surface area contributed by atoms with E-state index >= 15 is 0 Å². The van der Waals surface area contributed by atoms with Crippen LogP contribution in [0, 0.1) is 0 Å². The molecule has 0 radical (unpaired) electrons. The summed E-state index contributed by atoms with van der Waals surface area (Å²) in [7, 11) is 1.84. The number of benzene rings is 1. The van der Waals surface area contributed by atoms with Crippen LogP contribution in [-0.4, -0.2) is 79.1 Å². The zero-order chi connectivity index (χ0) is 31.5. The molecule has 5 atom stereocenters. The van der Waals surface area contributed by atoms with Crippen molar-refractivity contribution in [1.82, 2.24) is 14.1 Å². The smallest absolute Gasteiger partial charge is 0.430 e. The van der Waals surface area contributed by atoms with Gasteiger partial charge >= 0.3 is 12.1 Å². The number of carbonyl (C=O) groups excluding carboxylic acids is 2. The SMILES string of the molecule is Cn1cnc(S[C@H]2[C@H]3C(=O)C=C4S[C@H]5C[C@]42c2c(c(O)c4c6c2=[N+]3CCC=6C=N4)N5)c1C[C@H](N)C(=O)O.O=C([O-])C(F)(F)F. The van der Waals surface area contributed by atoms with E-state index in [9.17, 15) is 33.0 Å². The molecule has 8 rings (SSSR count). The number of fused-ring (bicyclic) bond motifs is 3. The molecule has 12 nitrogen and oxygen atoms in total. The highest BCUT2D eigenvalue weighted by atomic mass is 32.2. The molecule has 1 aromatic heterocycles. The Bertz CT molecular complexity index is 1910. The van der Waals surface area contributed by atoms with E-state index in [1.807, 2.05) is 23.9 Å². The zero-order valence-corrected chi connectivity index (χ0v) is 24.3. The van der Waals surface area contributed by atoms with Gasteiger partial charge in [-0.2, -0.15) is 13.2 Å². The highest BCUT2D eigenvalue weighted by Gasteiger charge is 2.67. The summed E-state index contributed by atoms with van der Waals surface area (Å²) in [6.45, 7) is 0.688. The number of rotatable bonds is 5. The molecule has 0 unspecified atom stereocenters. The van der Waals surface area contributed by atoms with E-state index in [0.29, 0.717) is 17.3 Å². The van der Waals surface area contributed by atoms with Crippen molar-refractivity contribution in [3.63, 3.8) is 0 Å². The van der Waals surface area contributed by atoms with Crippen molar-refractivity contribution < 1.29 is 42.9 Å². The fraction of sp³-hybridized carbons (Fsp3) is 0.407. The van der Waals surface area contributed by atoms with Crippen LogP contribution in [0.15, 0.2) is 27.3 Å². The molecule has 0 amide bonds. The second-order valence-electron chi connectivity index (χ2n) is 11.3. The molecule has 0 saturated carbocycles. The maximum absolute atomic E-state index is 13.8. The lowest BCUT2D eigenvalue weighted by Crippen LogP contribution is -2.69. The molecule has 1 aliphatic carbocycles. The number of phenols is 1. The number of carboxylic acids is 2. The number of hydrogen-bond donors (Lipinski definition) is 4. The highest BCUT2D eigenvalue weighted by Crippen LogP contribution is 2.65. The van der Waals surface area contributed by atoms with Crippen LogP contribution in [0.1, 0.15) is 24.1 Å². The minimum absolute atomic E-state index is 0.0251. The number of carbonyl (C=O) groups is 3.